The van der Waals surface area contributed by atoms with Crippen molar-refractivity contribution in [1.29, 1.82) is 0 Å². The summed E-state index contributed by atoms with van der Waals surface area (Å²) in [5, 5.41) is 12.0. The molecule has 0 heterocycles. The minimum absolute atomic E-state index is 0.00352. The third-order valence-electron chi connectivity index (χ3n) is 5.91. The van der Waals surface area contributed by atoms with Crippen molar-refractivity contribution in [3.05, 3.63) is 58.6 Å². The Morgan fingerprint density at radius 1 is 1.16 bits per heavy atom. The van der Waals surface area contributed by atoms with Crippen LogP contribution in [0.5, 0.6) is 0 Å². The van der Waals surface area contributed by atoms with Crippen LogP contribution in [-0.2, 0) is 9.84 Å². The van der Waals surface area contributed by atoms with Crippen molar-refractivity contribution in [1.82, 2.24) is 0 Å². The van der Waals surface area contributed by atoms with Crippen LogP contribution in [0.3, 0.4) is 0 Å². The van der Waals surface area contributed by atoms with Crippen LogP contribution in [0.15, 0.2) is 41.3 Å². The summed E-state index contributed by atoms with van der Waals surface area (Å²) in [6, 6.07) is 6.80. The van der Waals surface area contributed by atoms with Gasteiger partial charge >= 0.3 is 0 Å². The molecular weight excluding hydrogens is 448 g/mol. The molecule has 1 saturated carbocycles. The monoisotopic (exact) mass is 471 g/mol. The number of hydrogen-bond donors (Lipinski definition) is 2. The van der Waals surface area contributed by atoms with Crippen molar-refractivity contribution in [2.75, 3.05) is 5.32 Å². The maximum atomic E-state index is 13.4. The van der Waals surface area contributed by atoms with E-state index in [0.29, 0.717) is 19.3 Å². The second-order valence-electron chi connectivity index (χ2n) is 8.00. The highest BCUT2D eigenvalue weighted by Gasteiger charge is 2.40. The van der Waals surface area contributed by atoms with Gasteiger partial charge in [0.05, 0.1) is 21.3 Å². The van der Waals surface area contributed by atoms with Gasteiger partial charge in [-0.05, 0) is 55.0 Å². The summed E-state index contributed by atoms with van der Waals surface area (Å²) in [6.07, 6.45) is 0.704. The summed E-state index contributed by atoms with van der Waals surface area (Å²) in [4.78, 5) is 12.4. The highest BCUT2D eigenvalue weighted by Crippen LogP contribution is 2.38. The van der Waals surface area contributed by atoms with E-state index in [4.69, 9.17) is 11.6 Å². The van der Waals surface area contributed by atoms with Gasteiger partial charge in [-0.25, -0.2) is 17.2 Å². The first-order valence-corrected chi connectivity index (χ1v) is 11.9. The number of carbonyl (C=O) groups is 1. The number of benzene rings is 2. The SMILES string of the molecule is CCC1C[C@@H](S(=O)(=O)c2cc(C(=O)Nc3ccc(F)c(F)c3)ccc2Cl)C[C@H](C)[C@@H]1O. The summed E-state index contributed by atoms with van der Waals surface area (Å²) in [7, 11) is -3.87. The van der Waals surface area contributed by atoms with Gasteiger partial charge in [0, 0.05) is 17.3 Å². The maximum Gasteiger partial charge on any atom is 0.255 e. The van der Waals surface area contributed by atoms with E-state index in [0.717, 1.165) is 12.1 Å². The second-order valence-corrected chi connectivity index (χ2v) is 10.6. The molecule has 1 aliphatic rings. The predicted molar refractivity (Wildman–Crippen MR) is 115 cm³/mol. The number of nitrogens with one attached hydrogen (secondary N) is 1. The number of sulfone groups is 1. The lowest BCUT2D eigenvalue weighted by atomic mass is 9.78. The highest BCUT2D eigenvalue weighted by molar-refractivity contribution is 7.92. The summed E-state index contributed by atoms with van der Waals surface area (Å²) in [5.41, 5.74) is 0.0489. The first kappa shape index (κ1) is 23.6. The van der Waals surface area contributed by atoms with E-state index in [1.54, 1.807) is 0 Å². The van der Waals surface area contributed by atoms with Gasteiger partial charge in [0.2, 0.25) is 0 Å². The number of aliphatic hydroxyl groups is 1. The molecule has 3 rings (SSSR count). The molecule has 168 valence electrons. The van der Waals surface area contributed by atoms with Gasteiger partial charge < -0.3 is 10.4 Å². The minimum atomic E-state index is -3.87. The molecule has 0 saturated heterocycles. The van der Waals surface area contributed by atoms with Crippen LogP contribution in [0, 0.1) is 23.5 Å². The van der Waals surface area contributed by atoms with Crippen LogP contribution in [0.4, 0.5) is 14.5 Å². The number of amides is 1. The smallest absolute Gasteiger partial charge is 0.255 e. The molecule has 1 aliphatic carbocycles. The van der Waals surface area contributed by atoms with Crippen LogP contribution in [0.1, 0.15) is 43.5 Å². The highest BCUT2D eigenvalue weighted by atomic mass is 35.5. The second kappa shape index (κ2) is 9.22. The molecule has 31 heavy (non-hydrogen) atoms. The molecule has 2 N–H and O–H groups in total. The quantitative estimate of drug-likeness (QED) is 0.654. The van der Waals surface area contributed by atoms with Gasteiger partial charge in [-0.1, -0.05) is 31.9 Å². The Balaban J connectivity index is 1.89. The number of anilines is 1. The third-order valence-corrected chi connectivity index (χ3v) is 8.56. The zero-order valence-corrected chi connectivity index (χ0v) is 18.7. The summed E-state index contributed by atoms with van der Waals surface area (Å²) >= 11 is 6.19. The Hall–Kier alpha value is -2.03. The molecule has 9 heteroatoms. The molecule has 1 unspecified atom stereocenters. The summed E-state index contributed by atoms with van der Waals surface area (Å²) < 4.78 is 53.2. The Kier molecular flexibility index (Phi) is 7.03. The minimum Gasteiger partial charge on any atom is -0.393 e. The molecule has 2 aromatic carbocycles. The van der Waals surface area contributed by atoms with Crippen molar-refractivity contribution in [2.24, 2.45) is 11.8 Å². The number of halogens is 3. The number of carbonyl (C=O) groups excluding carboxylic acids is 1. The van der Waals surface area contributed by atoms with E-state index in [9.17, 15) is 27.1 Å². The van der Waals surface area contributed by atoms with E-state index < -0.39 is 38.7 Å². The number of hydrogen-bond acceptors (Lipinski definition) is 4. The molecule has 0 spiro atoms. The van der Waals surface area contributed by atoms with Gasteiger partial charge in [-0.2, -0.15) is 0 Å². The first-order chi connectivity index (χ1) is 14.5. The van der Waals surface area contributed by atoms with Crippen molar-refractivity contribution < 1.29 is 27.1 Å². The molecule has 1 amide bonds. The summed E-state index contributed by atoms with van der Waals surface area (Å²) in [6.45, 7) is 3.73. The van der Waals surface area contributed by atoms with E-state index >= 15 is 0 Å². The van der Waals surface area contributed by atoms with Crippen molar-refractivity contribution in [2.45, 2.75) is 49.4 Å². The van der Waals surface area contributed by atoms with E-state index in [2.05, 4.69) is 5.32 Å². The Morgan fingerprint density at radius 2 is 1.87 bits per heavy atom. The fourth-order valence-electron chi connectivity index (χ4n) is 4.07. The lowest BCUT2D eigenvalue weighted by Gasteiger charge is -2.37. The van der Waals surface area contributed by atoms with Gasteiger partial charge in [0.25, 0.3) is 5.91 Å². The van der Waals surface area contributed by atoms with E-state index in [1.165, 1.54) is 24.3 Å². The summed E-state index contributed by atoms with van der Waals surface area (Å²) in [5.74, 6) is -3.16. The fourth-order valence-corrected chi connectivity index (χ4v) is 6.56. The first-order valence-electron chi connectivity index (χ1n) is 10.0. The molecule has 5 nitrogen and oxygen atoms in total. The van der Waals surface area contributed by atoms with Crippen molar-refractivity contribution >= 4 is 33.0 Å². The average Bonchev–Trinajstić information content (AvgIpc) is 2.72. The van der Waals surface area contributed by atoms with Crippen molar-refractivity contribution in [3.8, 4) is 0 Å². The number of rotatable bonds is 5. The zero-order chi connectivity index (χ0) is 22.9. The Labute approximate surface area is 185 Å². The van der Waals surface area contributed by atoms with Crippen LogP contribution >= 0.6 is 11.6 Å². The van der Waals surface area contributed by atoms with Crippen LogP contribution < -0.4 is 5.32 Å². The Bertz CT molecular complexity index is 1090. The normalized spacial score (nSPS) is 24.1. The van der Waals surface area contributed by atoms with E-state index in [1.807, 2.05) is 13.8 Å². The standard InChI is InChI=1S/C22H24ClF2NO4S/c1-3-13-9-16(8-12(2)21(13)27)31(29,30)20-10-14(4-6-17(20)23)22(28)26-15-5-7-18(24)19(25)11-15/h4-7,10-13,16,21,27H,3,8-9H2,1-2H3,(H,26,28)/t12-,13?,16-,21-/m0/s1. The van der Waals surface area contributed by atoms with Gasteiger partial charge in [0.1, 0.15) is 0 Å². The average molecular weight is 472 g/mol. The molecule has 4 atom stereocenters. The number of aliphatic hydroxyl groups excluding tert-OH is 1. The Morgan fingerprint density at radius 3 is 2.52 bits per heavy atom. The fraction of sp³-hybridized carbons (Fsp3) is 0.409. The van der Waals surface area contributed by atoms with Crippen LogP contribution in [-0.4, -0.2) is 30.8 Å². The molecule has 1 fully saturated rings. The molecule has 0 bridgehead atoms. The predicted octanol–water partition coefficient (Wildman–Crippen LogP) is 4.83. The van der Waals surface area contributed by atoms with Crippen LogP contribution in [0.2, 0.25) is 5.02 Å². The molecule has 0 aromatic heterocycles. The van der Waals surface area contributed by atoms with Crippen LogP contribution in [0.25, 0.3) is 0 Å². The van der Waals surface area contributed by atoms with Gasteiger partial charge in [-0.3, -0.25) is 4.79 Å². The zero-order valence-electron chi connectivity index (χ0n) is 17.1. The van der Waals surface area contributed by atoms with Gasteiger partial charge in [0.15, 0.2) is 21.5 Å². The molecule has 0 radical (unpaired) electrons. The third kappa shape index (κ3) is 4.91. The van der Waals surface area contributed by atoms with E-state index in [-0.39, 0.29) is 33.0 Å². The largest absolute Gasteiger partial charge is 0.393 e. The lowest BCUT2D eigenvalue weighted by Crippen LogP contribution is -2.41. The lowest BCUT2D eigenvalue weighted by molar-refractivity contribution is 0.0250. The molecule has 0 aliphatic heterocycles. The topological polar surface area (TPSA) is 83.5 Å². The molecule has 2 aromatic rings. The maximum absolute atomic E-state index is 13.4. The molecular formula is C22H24ClF2NO4S. The van der Waals surface area contributed by atoms with Gasteiger partial charge in [-0.15, -0.1) is 0 Å². The van der Waals surface area contributed by atoms with Crippen molar-refractivity contribution in [3.63, 3.8) is 0 Å².